The highest BCUT2D eigenvalue weighted by Crippen LogP contribution is 2.14. The molecule has 0 aliphatic carbocycles. The van der Waals surface area contributed by atoms with Gasteiger partial charge in [0.1, 0.15) is 6.61 Å². The molecule has 1 unspecified atom stereocenters. The summed E-state index contributed by atoms with van der Waals surface area (Å²) in [4.78, 5) is 25.0. The molecular weight excluding hydrogens is 620 g/mol. The van der Waals surface area contributed by atoms with E-state index in [1.54, 1.807) is 0 Å². The van der Waals surface area contributed by atoms with Gasteiger partial charge in [0, 0.05) is 19.4 Å². The lowest BCUT2D eigenvalue weighted by atomic mass is 10.1. The highest BCUT2D eigenvalue weighted by atomic mass is 16.6. The Morgan fingerprint density at radius 3 is 1.44 bits per heavy atom. The number of carbonyl (C=O) groups excluding carboxylic acids is 2. The highest BCUT2D eigenvalue weighted by Gasteiger charge is 2.17. The molecule has 0 fully saturated rings. The minimum Gasteiger partial charge on any atom is -0.462 e. The van der Waals surface area contributed by atoms with Crippen molar-refractivity contribution in [2.75, 3.05) is 19.8 Å². The molecule has 0 saturated heterocycles. The zero-order valence-corrected chi connectivity index (χ0v) is 33.4. The third-order valence-corrected chi connectivity index (χ3v) is 9.19. The summed E-state index contributed by atoms with van der Waals surface area (Å²) in [5, 5.41) is 0. The van der Waals surface area contributed by atoms with Gasteiger partial charge in [-0.15, -0.1) is 0 Å². The lowest BCUT2D eigenvalue weighted by Gasteiger charge is -2.18. The van der Waals surface area contributed by atoms with Crippen LogP contribution >= 0.6 is 0 Å². The fourth-order valence-electron chi connectivity index (χ4n) is 5.99. The first kappa shape index (κ1) is 48.1. The maximum Gasteiger partial charge on any atom is 0.306 e. The first-order valence-corrected chi connectivity index (χ1v) is 21.5. The fourth-order valence-corrected chi connectivity index (χ4v) is 5.99. The van der Waals surface area contributed by atoms with Crippen LogP contribution in [0.15, 0.2) is 36.5 Å². The van der Waals surface area contributed by atoms with Crippen molar-refractivity contribution in [1.82, 2.24) is 0 Å². The quantitative estimate of drug-likeness (QED) is 0.0362. The van der Waals surface area contributed by atoms with Gasteiger partial charge in [0.05, 0.1) is 6.61 Å². The molecule has 0 amide bonds. The van der Waals surface area contributed by atoms with Gasteiger partial charge in [-0.25, -0.2) is 0 Å². The summed E-state index contributed by atoms with van der Waals surface area (Å²) in [7, 11) is 0. The first-order chi connectivity index (χ1) is 24.6. The van der Waals surface area contributed by atoms with Gasteiger partial charge in [-0.2, -0.15) is 0 Å². The standard InChI is InChI=1S/C45H82O5/c1-4-7-10-13-16-18-20-22-23-24-25-27-30-32-35-38-44(46)49-42-43(50-45(47)39-36-33-29-15-12-9-6-3)41-48-40-37-34-31-28-26-21-19-17-14-11-8-5-2/h7,10,16,18,22-23,43H,4-6,8-9,11-15,17,19-21,24-42H2,1-3H3/b10-7-,18-16-,23-22-. The fraction of sp³-hybridized carbons (Fsp3) is 0.822. The van der Waals surface area contributed by atoms with E-state index >= 15 is 0 Å². The predicted octanol–water partition coefficient (Wildman–Crippen LogP) is 13.9. The van der Waals surface area contributed by atoms with E-state index in [1.807, 2.05) is 0 Å². The van der Waals surface area contributed by atoms with E-state index in [9.17, 15) is 9.59 Å². The van der Waals surface area contributed by atoms with Gasteiger partial charge < -0.3 is 14.2 Å². The van der Waals surface area contributed by atoms with Crippen molar-refractivity contribution in [2.45, 2.75) is 219 Å². The topological polar surface area (TPSA) is 61.8 Å². The molecule has 50 heavy (non-hydrogen) atoms. The summed E-state index contributed by atoms with van der Waals surface area (Å²) in [6.45, 7) is 7.67. The van der Waals surface area contributed by atoms with Crippen LogP contribution in [0.2, 0.25) is 0 Å². The number of hydrogen-bond acceptors (Lipinski definition) is 5. The van der Waals surface area contributed by atoms with Crippen LogP contribution in [0, 0.1) is 0 Å². The molecule has 292 valence electrons. The van der Waals surface area contributed by atoms with E-state index in [0.29, 0.717) is 19.4 Å². The number of carbonyl (C=O) groups is 2. The van der Waals surface area contributed by atoms with E-state index < -0.39 is 6.10 Å². The van der Waals surface area contributed by atoms with Crippen molar-refractivity contribution in [3.8, 4) is 0 Å². The van der Waals surface area contributed by atoms with E-state index in [4.69, 9.17) is 14.2 Å². The minimum atomic E-state index is -0.533. The second-order valence-corrected chi connectivity index (χ2v) is 14.2. The molecule has 0 rings (SSSR count). The van der Waals surface area contributed by atoms with Crippen LogP contribution in [0.3, 0.4) is 0 Å². The van der Waals surface area contributed by atoms with E-state index in [2.05, 4.69) is 57.2 Å². The number of rotatable bonds is 39. The SMILES string of the molecule is CC/C=C\C/C=C\C/C=C\CCCCCCCC(=O)OCC(COCCCCCCCCCCCCCC)OC(=O)CCCCCCCCC. The molecule has 0 aliphatic rings. The third kappa shape index (κ3) is 38.9. The molecule has 0 spiro atoms. The van der Waals surface area contributed by atoms with E-state index in [-0.39, 0.29) is 25.2 Å². The first-order valence-electron chi connectivity index (χ1n) is 21.5. The van der Waals surface area contributed by atoms with Crippen molar-refractivity contribution < 1.29 is 23.8 Å². The molecule has 0 aromatic carbocycles. The molecule has 0 radical (unpaired) electrons. The maximum absolute atomic E-state index is 12.6. The summed E-state index contributed by atoms with van der Waals surface area (Å²) < 4.78 is 17.2. The largest absolute Gasteiger partial charge is 0.462 e. The van der Waals surface area contributed by atoms with Gasteiger partial charge in [-0.1, -0.05) is 186 Å². The normalized spacial score (nSPS) is 12.5. The van der Waals surface area contributed by atoms with E-state index in [1.165, 1.54) is 116 Å². The molecule has 5 nitrogen and oxygen atoms in total. The van der Waals surface area contributed by atoms with Crippen molar-refractivity contribution in [1.29, 1.82) is 0 Å². The van der Waals surface area contributed by atoms with Gasteiger partial charge in [-0.3, -0.25) is 9.59 Å². The lowest BCUT2D eigenvalue weighted by molar-refractivity contribution is -0.163. The summed E-state index contributed by atoms with van der Waals surface area (Å²) in [6.07, 6.45) is 47.2. The van der Waals surface area contributed by atoms with Crippen LogP contribution in [-0.4, -0.2) is 37.9 Å². The Kier molecular flexibility index (Phi) is 40.0. The smallest absolute Gasteiger partial charge is 0.306 e. The summed E-state index contributed by atoms with van der Waals surface area (Å²) in [6, 6.07) is 0. The number of ether oxygens (including phenoxy) is 3. The molecule has 1 atom stereocenters. The third-order valence-electron chi connectivity index (χ3n) is 9.19. The molecule has 0 saturated carbocycles. The highest BCUT2D eigenvalue weighted by molar-refractivity contribution is 5.70. The molecule has 0 heterocycles. The Labute approximate surface area is 310 Å². The molecule has 5 heteroatoms. The van der Waals surface area contributed by atoms with Gasteiger partial charge in [0.25, 0.3) is 0 Å². The van der Waals surface area contributed by atoms with Crippen LogP contribution < -0.4 is 0 Å². The van der Waals surface area contributed by atoms with Crippen LogP contribution in [0.4, 0.5) is 0 Å². The molecule has 0 aromatic rings. The average molecular weight is 703 g/mol. The van der Waals surface area contributed by atoms with Gasteiger partial charge in [-0.05, 0) is 51.4 Å². The van der Waals surface area contributed by atoms with Crippen LogP contribution in [0.1, 0.15) is 213 Å². The van der Waals surface area contributed by atoms with Crippen molar-refractivity contribution in [3.63, 3.8) is 0 Å². The number of esters is 2. The zero-order valence-electron chi connectivity index (χ0n) is 33.4. The summed E-state index contributed by atoms with van der Waals surface area (Å²) >= 11 is 0. The van der Waals surface area contributed by atoms with Crippen molar-refractivity contribution in [3.05, 3.63) is 36.5 Å². The van der Waals surface area contributed by atoms with Crippen molar-refractivity contribution in [2.24, 2.45) is 0 Å². The Hall–Kier alpha value is -1.88. The van der Waals surface area contributed by atoms with Crippen LogP contribution in [-0.2, 0) is 23.8 Å². The monoisotopic (exact) mass is 703 g/mol. The minimum absolute atomic E-state index is 0.0804. The summed E-state index contributed by atoms with van der Waals surface area (Å²) in [5.41, 5.74) is 0. The second kappa shape index (κ2) is 41.5. The molecule has 0 bridgehead atoms. The van der Waals surface area contributed by atoms with Gasteiger partial charge >= 0.3 is 11.9 Å². The number of unbranched alkanes of at least 4 members (excludes halogenated alkanes) is 22. The predicted molar refractivity (Wildman–Crippen MR) is 215 cm³/mol. The number of hydrogen-bond donors (Lipinski definition) is 0. The van der Waals surface area contributed by atoms with Gasteiger partial charge in [0.2, 0.25) is 0 Å². The Bertz CT molecular complexity index is 801. The van der Waals surface area contributed by atoms with Crippen LogP contribution in [0.5, 0.6) is 0 Å². The average Bonchev–Trinajstić information content (AvgIpc) is 3.11. The van der Waals surface area contributed by atoms with Gasteiger partial charge in [0.15, 0.2) is 6.10 Å². The summed E-state index contributed by atoms with van der Waals surface area (Å²) in [5.74, 6) is -0.417. The molecular formula is C45H82O5. The Balaban J connectivity index is 4.18. The molecule has 0 aliphatic heterocycles. The Morgan fingerprint density at radius 2 is 0.900 bits per heavy atom. The van der Waals surface area contributed by atoms with E-state index in [0.717, 1.165) is 64.2 Å². The Morgan fingerprint density at radius 1 is 0.460 bits per heavy atom. The molecule has 0 N–H and O–H groups in total. The van der Waals surface area contributed by atoms with Crippen molar-refractivity contribution >= 4 is 11.9 Å². The number of allylic oxidation sites excluding steroid dienone is 6. The maximum atomic E-state index is 12.6. The van der Waals surface area contributed by atoms with Crippen LogP contribution in [0.25, 0.3) is 0 Å². The zero-order chi connectivity index (χ0) is 36.4. The lowest BCUT2D eigenvalue weighted by Crippen LogP contribution is -2.30. The second-order valence-electron chi connectivity index (χ2n) is 14.2. The molecule has 0 aromatic heterocycles.